The fourth-order valence-corrected chi connectivity index (χ4v) is 4.11. The van der Waals surface area contributed by atoms with Crippen LogP contribution in [0.5, 0.6) is 5.75 Å². The van der Waals surface area contributed by atoms with Gasteiger partial charge in [0.15, 0.2) is 5.82 Å². The second-order valence-corrected chi connectivity index (χ2v) is 8.47. The smallest absolute Gasteiger partial charge is 0.471 e. The van der Waals surface area contributed by atoms with Crippen molar-refractivity contribution in [3.05, 3.63) is 54.1 Å². The first-order valence-electron chi connectivity index (χ1n) is 11.4. The molecule has 1 fully saturated rings. The number of hydrogen-bond acceptors (Lipinski definition) is 6. The van der Waals surface area contributed by atoms with E-state index in [1.807, 2.05) is 47.8 Å². The molecule has 0 atom stereocenters. The van der Waals surface area contributed by atoms with Crippen LogP contribution in [0, 0.1) is 5.92 Å². The van der Waals surface area contributed by atoms with Crippen molar-refractivity contribution in [3.8, 4) is 5.75 Å². The monoisotopic (exact) mass is 485 g/mol. The number of methoxy groups -OCH3 is 1. The van der Waals surface area contributed by atoms with E-state index in [9.17, 15) is 18.0 Å². The van der Waals surface area contributed by atoms with Crippen molar-refractivity contribution >= 4 is 34.8 Å². The molecule has 1 aliphatic carbocycles. The molecule has 1 saturated carbocycles. The van der Waals surface area contributed by atoms with E-state index >= 15 is 0 Å². The van der Waals surface area contributed by atoms with Crippen molar-refractivity contribution in [2.75, 3.05) is 19.0 Å². The molecule has 2 N–H and O–H groups in total. The van der Waals surface area contributed by atoms with Crippen LogP contribution in [0.15, 0.2) is 42.6 Å². The Morgan fingerprint density at radius 1 is 1.11 bits per heavy atom. The minimum atomic E-state index is -4.85. The zero-order chi connectivity index (χ0) is 24.8. The number of ether oxygens (including phenoxy) is 1. The lowest BCUT2D eigenvalue weighted by atomic mass is 9.86. The molecule has 1 aromatic carbocycles. The summed E-state index contributed by atoms with van der Waals surface area (Å²) in [6, 6.07) is 11.3. The number of hydrogen-bond donors (Lipinski definition) is 2. The van der Waals surface area contributed by atoms with Crippen LogP contribution in [-0.2, 0) is 4.79 Å². The topological polar surface area (TPSA) is 89.0 Å². The van der Waals surface area contributed by atoms with E-state index in [2.05, 4.69) is 15.3 Å². The quantitative estimate of drug-likeness (QED) is 0.497. The van der Waals surface area contributed by atoms with Crippen LogP contribution >= 0.6 is 0 Å². The van der Waals surface area contributed by atoms with Gasteiger partial charge in [-0.15, -0.1) is 0 Å². The Morgan fingerprint density at radius 2 is 1.91 bits per heavy atom. The van der Waals surface area contributed by atoms with Crippen molar-refractivity contribution < 1.29 is 22.7 Å². The van der Waals surface area contributed by atoms with Crippen molar-refractivity contribution in [1.29, 1.82) is 0 Å². The Hall–Kier alpha value is -3.69. The van der Waals surface area contributed by atoms with E-state index in [1.54, 1.807) is 19.4 Å². The standard InChI is InChI=1S/C25H26F3N5O2/c1-35-19-10-11-21-20(14-19)23(33-22(32-21)12-9-17-4-2-3-13-29-17)31-18-7-5-16(6-8-18)15-30-24(34)25(26,27)28/h2-4,9-14,16,18H,5-8,15H2,1H3,(H,30,34)(H,31,32,33)/t16-,18+. The molecule has 7 nitrogen and oxygen atoms in total. The lowest BCUT2D eigenvalue weighted by molar-refractivity contribution is -0.173. The largest absolute Gasteiger partial charge is 0.497 e. The van der Waals surface area contributed by atoms with Crippen LogP contribution in [0.1, 0.15) is 37.2 Å². The molecule has 184 valence electrons. The van der Waals surface area contributed by atoms with Gasteiger partial charge in [-0.3, -0.25) is 9.78 Å². The average molecular weight is 486 g/mol. The summed E-state index contributed by atoms with van der Waals surface area (Å²) in [7, 11) is 1.60. The van der Waals surface area contributed by atoms with Crippen molar-refractivity contribution in [1.82, 2.24) is 20.3 Å². The van der Waals surface area contributed by atoms with Crippen LogP contribution in [-0.4, -0.2) is 46.7 Å². The molecule has 4 rings (SSSR count). The summed E-state index contributed by atoms with van der Waals surface area (Å²) in [6.07, 6.45) is 3.42. The van der Waals surface area contributed by atoms with E-state index in [0.29, 0.717) is 30.2 Å². The number of fused-ring (bicyclic) bond motifs is 1. The molecular weight excluding hydrogens is 459 g/mol. The predicted molar refractivity (Wildman–Crippen MR) is 128 cm³/mol. The fraction of sp³-hybridized carbons (Fsp3) is 0.360. The van der Waals surface area contributed by atoms with Gasteiger partial charge in [-0.1, -0.05) is 6.07 Å². The second kappa shape index (κ2) is 10.7. The Morgan fingerprint density at radius 3 is 2.60 bits per heavy atom. The van der Waals surface area contributed by atoms with Gasteiger partial charge in [-0.05, 0) is 74.1 Å². The summed E-state index contributed by atoms with van der Waals surface area (Å²) < 4.78 is 42.6. The van der Waals surface area contributed by atoms with E-state index in [4.69, 9.17) is 9.72 Å². The first-order valence-corrected chi connectivity index (χ1v) is 11.4. The third kappa shape index (κ3) is 6.46. The van der Waals surface area contributed by atoms with E-state index in [0.717, 1.165) is 29.4 Å². The van der Waals surface area contributed by atoms with Gasteiger partial charge in [0.25, 0.3) is 0 Å². The molecule has 1 amide bonds. The number of rotatable bonds is 7. The minimum Gasteiger partial charge on any atom is -0.497 e. The molecule has 0 saturated heterocycles. The molecule has 0 radical (unpaired) electrons. The Kier molecular flexibility index (Phi) is 7.48. The van der Waals surface area contributed by atoms with Crippen LogP contribution < -0.4 is 15.4 Å². The molecule has 1 aliphatic rings. The Bertz CT molecular complexity index is 1190. The van der Waals surface area contributed by atoms with Crippen molar-refractivity contribution in [3.63, 3.8) is 0 Å². The minimum absolute atomic E-state index is 0.0125. The van der Waals surface area contributed by atoms with Gasteiger partial charge in [0.05, 0.1) is 18.3 Å². The zero-order valence-corrected chi connectivity index (χ0v) is 19.2. The van der Waals surface area contributed by atoms with Crippen LogP contribution in [0.4, 0.5) is 19.0 Å². The SMILES string of the molecule is COc1ccc2nc(C=Cc3ccccn3)nc(N[C@H]3CC[C@@H](CNC(=O)C(F)(F)F)CC3)c2c1. The van der Waals surface area contributed by atoms with Gasteiger partial charge in [-0.25, -0.2) is 9.97 Å². The molecule has 35 heavy (non-hydrogen) atoms. The van der Waals surface area contributed by atoms with Crippen LogP contribution in [0.2, 0.25) is 0 Å². The van der Waals surface area contributed by atoms with E-state index in [-0.39, 0.29) is 18.5 Å². The number of amides is 1. The zero-order valence-electron chi connectivity index (χ0n) is 19.2. The molecule has 10 heteroatoms. The Balaban J connectivity index is 1.47. The number of pyridine rings is 1. The molecule has 3 aromatic rings. The summed E-state index contributed by atoms with van der Waals surface area (Å²) in [5.41, 5.74) is 1.55. The lowest BCUT2D eigenvalue weighted by Crippen LogP contribution is -2.40. The molecule has 0 unspecified atom stereocenters. The molecule has 2 heterocycles. The highest BCUT2D eigenvalue weighted by Gasteiger charge is 2.38. The Labute approximate surface area is 200 Å². The normalized spacial score (nSPS) is 18.5. The average Bonchev–Trinajstić information content (AvgIpc) is 2.86. The van der Waals surface area contributed by atoms with Crippen LogP contribution in [0.25, 0.3) is 23.1 Å². The van der Waals surface area contributed by atoms with Gasteiger partial charge < -0.3 is 15.4 Å². The van der Waals surface area contributed by atoms with Gasteiger partial charge >= 0.3 is 12.1 Å². The third-order valence-corrected chi connectivity index (χ3v) is 6.01. The van der Waals surface area contributed by atoms with Gasteiger partial charge in [0.2, 0.25) is 0 Å². The molecule has 0 spiro atoms. The molecular formula is C25H26F3N5O2. The summed E-state index contributed by atoms with van der Waals surface area (Å²) in [5, 5.41) is 6.32. The second-order valence-electron chi connectivity index (χ2n) is 8.47. The summed E-state index contributed by atoms with van der Waals surface area (Å²) in [4.78, 5) is 24.7. The number of carbonyl (C=O) groups excluding carboxylic acids is 1. The lowest BCUT2D eigenvalue weighted by Gasteiger charge is -2.30. The van der Waals surface area contributed by atoms with E-state index in [1.165, 1.54) is 0 Å². The molecule has 0 bridgehead atoms. The number of aromatic nitrogens is 3. The third-order valence-electron chi connectivity index (χ3n) is 6.01. The van der Waals surface area contributed by atoms with E-state index < -0.39 is 12.1 Å². The number of benzene rings is 1. The number of nitrogens with zero attached hydrogens (tertiary/aromatic N) is 3. The summed E-state index contributed by atoms with van der Waals surface area (Å²) in [5.74, 6) is 0.0108. The summed E-state index contributed by atoms with van der Waals surface area (Å²) in [6.45, 7) is 0.0289. The highest BCUT2D eigenvalue weighted by Crippen LogP contribution is 2.30. The number of carbonyl (C=O) groups is 1. The fourth-order valence-electron chi connectivity index (χ4n) is 4.11. The van der Waals surface area contributed by atoms with Gasteiger partial charge in [0.1, 0.15) is 11.6 Å². The number of halogens is 3. The first kappa shape index (κ1) is 24.4. The summed E-state index contributed by atoms with van der Waals surface area (Å²) >= 11 is 0. The molecule has 0 aliphatic heterocycles. The van der Waals surface area contributed by atoms with Crippen molar-refractivity contribution in [2.24, 2.45) is 5.92 Å². The van der Waals surface area contributed by atoms with Crippen molar-refractivity contribution in [2.45, 2.75) is 37.9 Å². The number of alkyl halides is 3. The predicted octanol–water partition coefficient (Wildman–Crippen LogP) is 4.85. The number of nitrogens with one attached hydrogen (secondary N) is 2. The maximum Gasteiger partial charge on any atom is 0.471 e. The van der Waals surface area contributed by atoms with Gasteiger partial charge in [0, 0.05) is 24.2 Å². The highest BCUT2D eigenvalue weighted by molar-refractivity contribution is 5.91. The maximum atomic E-state index is 12.4. The highest BCUT2D eigenvalue weighted by atomic mass is 19.4. The van der Waals surface area contributed by atoms with Crippen LogP contribution in [0.3, 0.4) is 0 Å². The first-order chi connectivity index (χ1) is 16.8. The maximum absolute atomic E-state index is 12.4. The van der Waals surface area contributed by atoms with Gasteiger partial charge in [-0.2, -0.15) is 13.2 Å². The number of anilines is 1. The molecule has 2 aromatic heterocycles.